The van der Waals surface area contributed by atoms with Crippen LogP contribution in [0.15, 0.2) is 29.3 Å². The molecule has 0 saturated heterocycles. The molecule has 0 bridgehead atoms. The minimum Gasteiger partial charge on any atom is -0.392 e. The molecule has 112 valence electrons. The van der Waals surface area contributed by atoms with Crippen LogP contribution in [0.5, 0.6) is 0 Å². The zero-order valence-electron chi connectivity index (χ0n) is 12.6. The number of dihydropyridines is 1. The molecule has 1 aliphatic rings. The molecule has 1 aromatic carbocycles. The predicted molar refractivity (Wildman–Crippen MR) is 83.4 cm³/mol. The number of aliphatic hydroxyl groups excluding tert-OH is 1. The van der Waals surface area contributed by atoms with E-state index in [9.17, 15) is 15.2 Å². The van der Waals surface area contributed by atoms with Crippen LogP contribution in [0, 0.1) is 15.5 Å². The first-order valence-electron chi connectivity index (χ1n) is 6.97. The van der Waals surface area contributed by atoms with Gasteiger partial charge in [0.2, 0.25) is 0 Å². The van der Waals surface area contributed by atoms with E-state index < -0.39 is 4.92 Å². The highest BCUT2D eigenvalue weighted by molar-refractivity contribution is 6.05. The number of aliphatic hydroxyl groups is 1. The standard InChI is InChI=1S/C16H20N2O3/c1-16(2,3)15-9-11(6-7-17-15)14-5-4-13(18(20)21)8-12(14)10-19/h4-5,8-9,19H,6-7,10H2,1-3H3. The van der Waals surface area contributed by atoms with Gasteiger partial charge >= 0.3 is 0 Å². The maximum Gasteiger partial charge on any atom is 0.269 e. The van der Waals surface area contributed by atoms with Crippen LogP contribution < -0.4 is 0 Å². The first-order valence-corrected chi connectivity index (χ1v) is 6.97. The van der Waals surface area contributed by atoms with Gasteiger partial charge in [-0.2, -0.15) is 0 Å². The maximum atomic E-state index is 10.8. The molecule has 0 spiro atoms. The Hall–Kier alpha value is -2.01. The zero-order chi connectivity index (χ0) is 15.6. The smallest absolute Gasteiger partial charge is 0.269 e. The third-order valence-corrected chi connectivity index (χ3v) is 3.56. The average molecular weight is 288 g/mol. The first kappa shape index (κ1) is 15.4. The van der Waals surface area contributed by atoms with Gasteiger partial charge in [0.25, 0.3) is 5.69 Å². The number of benzene rings is 1. The number of allylic oxidation sites excluding steroid dienone is 1. The minimum atomic E-state index is -0.444. The molecule has 0 atom stereocenters. The quantitative estimate of drug-likeness (QED) is 0.684. The average Bonchev–Trinajstić information content (AvgIpc) is 2.45. The summed E-state index contributed by atoms with van der Waals surface area (Å²) < 4.78 is 0. The summed E-state index contributed by atoms with van der Waals surface area (Å²) in [5, 5.41) is 20.3. The highest BCUT2D eigenvalue weighted by atomic mass is 16.6. The van der Waals surface area contributed by atoms with Crippen molar-refractivity contribution in [2.24, 2.45) is 10.4 Å². The summed E-state index contributed by atoms with van der Waals surface area (Å²) in [5.41, 5.74) is 3.53. The van der Waals surface area contributed by atoms with Crippen molar-refractivity contribution < 1.29 is 10.0 Å². The Morgan fingerprint density at radius 1 is 1.38 bits per heavy atom. The van der Waals surface area contributed by atoms with Crippen LogP contribution in [-0.4, -0.2) is 22.3 Å². The molecular weight excluding hydrogens is 268 g/mol. The van der Waals surface area contributed by atoms with Gasteiger partial charge in [-0.1, -0.05) is 20.8 Å². The van der Waals surface area contributed by atoms with Gasteiger partial charge < -0.3 is 5.11 Å². The summed E-state index contributed by atoms with van der Waals surface area (Å²) in [5.74, 6) is 0. The third-order valence-electron chi connectivity index (χ3n) is 3.56. The molecule has 1 aliphatic heterocycles. The van der Waals surface area contributed by atoms with E-state index in [1.54, 1.807) is 6.07 Å². The fourth-order valence-electron chi connectivity index (χ4n) is 2.38. The molecule has 5 heteroatoms. The van der Waals surface area contributed by atoms with E-state index in [0.717, 1.165) is 23.3 Å². The minimum absolute atomic E-state index is 0.00363. The van der Waals surface area contributed by atoms with Crippen molar-refractivity contribution in [3.8, 4) is 0 Å². The van der Waals surface area contributed by atoms with Crippen LogP contribution in [0.4, 0.5) is 5.69 Å². The largest absolute Gasteiger partial charge is 0.392 e. The number of rotatable bonds is 3. The Kier molecular flexibility index (Phi) is 4.23. The molecule has 0 unspecified atom stereocenters. The van der Waals surface area contributed by atoms with E-state index in [2.05, 4.69) is 25.8 Å². The molecular formula is C16H20N2O3. The van der Waals surface area contributed by atoms with E-state index in [4.69, 9.17) is 0 Å². The van der Waals surface area contributed by atoms with Gasteiger partial charge in [-0.3, -0.25) is 15.1 Å². The molecule has 0 aliphatic carbocycles. The molecule has 0 saturated carbocycles. The van der Waals surface area contributed by atoms with Crippen LogP contribution in [0.2, 0.25) is 0 Å². The third kappa shape index (κ3) is 3.36. The van der Waals surface area contributed by atoms with Crippen molar-refractivity contribution in [3.05, 3.63) is 45.5 Å². The molecule has 5 nitrogen and oxygen atoms in total. The topological polar surface area (TPSA) is 75.7 Å². The van der Waals surface area contributed by atoms with E-state index in [0.29, 0.717) is 12.1 Å². The van der Waals surface area contributed by atoms with Crippen molar-refractivity contribution >= 4 is 17.0 Å². The highest BCUT2D eigenvalue weighted by Crippen LogP contribution is 2.31. The lowest BCUT2D eigenvalue weighted by Gasteiger charge is -2.24. The van der Waals surface area contributed by atoms with Crippen LogP contribution in [0.25, 0.3) is 5.57 Å². The molecule has 21 heavy (non-hydrogen) atoms. The Balaban J connectivity index is 2.45. The van der Waals surface area contributed by atoms with Gasteiger partial charge in [-0.05, 0) is 35.3 Å². The molecule has 0 radical (unpaired) electrons. The lowest BCUT2D eigenvalue weighted by Crippen LogP contribution is -2.21. The number of nitro groups is 1. The lowest BCUT2D eigenvalue weighted by atomic mass is 9.85. The summed E-state index contributed by atoms with van der Waals surface area (Å²) in [4.78, 5) is 14.9. The van der Waals surface area contributed by atoms with Crippen LogP contribution >= 0.6 is 0 Å². The summed E-state index contributed by atoms with van der Waals surface area (Å²) in [6.07, 6.45) is 2.83. The van der Waals surface area contributed by atoms with E-state index in [1.165, 1.54) is 12.1 Å². The lowest BCUT2D eigenvalue weighted by molar-refractivity contribution is -0.384. The SMILES string of the molecule is CC(C)(C)C1=NCCC(c2ccc([N+](=O)[O-])cc2CO)=C1. The van der Waals surface area contributed by atoms with Crippen molar-refractivity contribution in [1.29, 1.82) is 0 Å². The fraction of sp³-hybridized carbons (Fsp3) is 0.438. The molecule has 2 rings (SSSR count). The monoisotopic (exact) mass is 288 g/mol. The van der Waals surface area contributed by atoms with Gasteiger partial charge in [0, 0.05) is 29.8 Å². The zero-order valence-corrected chi connectivity index (χ0v) is 12.6. The summed E-state index contributed by atoms with van der Waals surface area (Å²) in [7, 11) is 0. The number of aliphatic imine (C=N–C) groups is 1. The van der Waals surface area contributed by atoms with Gasteiger partial charge in [-0.25, -0.2) is 0 Å². The number of nitro benzene ring substituents is 1. The van der Waals surface area contributed by atoms with E-state index in [-0.39, 0.29) is 17.7 Å². The van der Waals surface area contributed by atoms with Gasteiger partial charge in [-0.15, -0.1) is 0 Å². The summed E-state index contributed by atoms with van der Waals surface area (Å²) >= 11 is 0. The van der Waals surface area contributed by atoms with Gasteiger partial charge in [0.05, 0.1) is 11.5 Å². The number of non-ortho nitro benzene ring substituents is 1. The number of nitrogens with zero attached hydrogens (tertiary/aromatic N) is 2. The second kappa shape index (κ2) is 5.77. The van der Waals surface area contributed by atoms with Gasteiger partial charge in [0.1, 0.15) is 0 Å². The van der Waals surface area contributed by atoms with Crippen molar-refractivity contribution in [1.82, 2.24) is 0 Å². The van der Waals surface area contributed by atoms with Crippen molar-refractivity contribution in [2.75, 3.05) is 6.54 Å². The molecule has 1 N–H and O–H groups in total. The fourth-order valence-corrected chi connectivity index (χ4v) is 2.38. The summed E-state index contributed by atoms with van der Waals surface area (Å²) in [6, 6.07) is 4.65. The van der Waals surface area contributed by atoms with Crippen molar-refractivity contribution in [2.45, 2.75) is 33.8 Å². The maximum absolute atomic E-state index is 10.8. The second-order valence-corrected chi connectivity index (χ2v) is 6.19. The van der Waals surface area contributed by atoms with Crippen LogP contribution in [0.1, 0.15) is 38.3 Å². The van der Waals surface area contributed by atoms with Crippen LogP contribution in [0.3, 0.4) is 0 Å². The second-order valence-electron chi connectivity index (χ2n) is 6.19. The Labute approximate surface area is 124 Å². The normalized spacial score (nSPS) is 15.4. The Bertz CT molecular complexity index is 625. The van der Waals surface area contributed by atoms with Crippen molar-refractivity contribution in [3.63, 3.8) is 0 Å². The van der Waals surface area contributed by atoms with Crippen LogP contribution in [-0.2, 0) is 6.61 Å². The van der Waals surface area contributed by atoms with Gasteiger partial charge in [0.15, 0.2) is 0 Å². The first-order chi connectivity index (χ1) is 9.82. The molecule has 1 aromatic rings. The molecule has 0 fully saturated rings. The molecule has 0 aromatic heterocycles. The highest BCUT2D eigenvalue weighted by Gasteiger charge is 2.21. The predicted octanol–water partition coefficient (Wildman–Crippen LogP) is 3.36. The van der Waals surface area contributed by atoms with E-state index >= 15 is 0 Å². The van der Waals surface area contributed by atoms with E-state index in [1.807, 2.05) is 6.08 Å². The molecule has 0 amide bonds. The number of hydrogen-bond donors (Lipinski definition) is 1. The summed E-state index contributed by atoms with van der Waals surface area (Å²) in [6.45, 7) is 6.81. The molecule has 1 heterocycles. The Morgan fingerprint density at radius 3 is 2.67 bits per heavy atom. The Morgan fingerprint density at radius 2 is 2.10 bits per heavy atom. The number of hydrogen-bond acceptors (Lipinski definition) is 4.